The second-order valence-corrected chi connectivity index (χ2v) is 5.54. The van der Waals surface area contributed by atoms with Crippen LogP contribution in [-0.4, -0.2) is 16.1 Å². The first-order valence-electron chi connectivity index (χ1n) is 4.65. The fraction of sp³-hybridized carbons (Fsp3) is 0.222. The number of rotatable bonds is 2. The van der Waals surface area contributed by atoms with Crippen LogP contribution in [0.2, 0.25) is 0 Å². The normalized spacial score (nSPS) is 11.6. The van der Waals surface area contributed by atoms with Gasteiger partial charge < -0.3 is 0 Å². The molecule has 18 heavy (non-hydrogen) atoms. The number of alkyl halides is 3. The lowest BCUT2D eigenvalue weighted by Gasteiger charge is -1.98. The minimum absolute atomic E-state index is 0.168. The molecule has 0 bridgehead atoms. The predicted molar refractivity (Wildman–Crippen MR) is 61.9 cm³/mol. The van der Waals surface area contributed by atoms with E-state index >= 15 is 0 Å². The van der Waals surface area contributed by atoms with E-state index in [1.54, 1.807) is 12.1 Å². The van der Waals surface area contributed by atoms with Crippen molar-refractivity contribution in [1.29, 1.82) is 0 Å². The topological polar surface area (TPSA) is 54.9 Å². The molecule has 2 rings (SSSR count). The molecule has 0 saturated carbocycles. The zero-order valence-corrected chi connectivity index (χ0v) is 10.5. The van der Waals surface area contributed by atoms with Gasteiger partial charge in [0.1, 0.15) is 0 Å². The van der Waals surface area contributed by atoms with Crippen LogP contribution in [0.5, 0.6) is 0 Å². The summed E-state index contributed by atoms with van der Waals surface area (Å²) in [6, 6.07) is 3.35. The third-order valence-electron chi connectivity index (χ3n) is 1.85. The van der Waals surface area contributed by atoms with Crippen LogP contribution >= 0.6 is 22.7 Å². The maximum atomic E-state index is 12.3. The monoisotopic (exact) mass is 293 g/mol. The van der Waals surface area contributed by atoms with Crippen LogP contribution in [0.15, 0.2) is 12.1 Å². The number of aromatic nitrogens is 2. The van der Waals surface area contributed by atoms with Gasteiger partial charge >= 0.3 is 6.18 Å². The molecule has 4 nitrogen and oxygen atoms in total. The largest absolute Gasteiger partial charge is 0.445 e. The number of carbonyl (C=O) groups excluding carboxylic acids is 1. The third kappa shape index (κ3) is 2.85. The zero-order chi connectivity index (χ0) is 13.3. The van der Waals surface area contributed by atoms with Crippen molar-refractivity contribution in [2.75, 3.05) is 5.32 Å². The lowest BCUT2D eigenvalue weighted by Crippen LogP contribution is -2.09. The highest BCUT2D eigenvalue weighted by molar-refractivity contribution is 7.16. The van der Waals surface area contributed by atoms with Gasteiger partial charge in [0.2, 0.25) is 10.1 Å². The van der Waals surface area contributed by atoms with Crippen LogP contribution < -0.4 is 5.32 Å². The van der Waals surface area contributed by atoms with Crippen molar-refractivity contribution in [3.05, 3.63) is 26.9 Å². The molecule has 0 aliphatic carbocycles. The molecule has 96 valence electrons. The van der Waals surface area contributed by atoms with Crippen molar-refractivity contribution < 1.29 is 18.0 Å². The lowest BCUT2D eigenvalue weighted by molar-refractivity contribution is -0.138. The molecule has 0 aromatic carbocycles. The number of thiophene rings is 1. The predicted octanol–water partition coefficient (Wildman–Crippen LogP) is 3.18. The Morgan fingerprint density at radius 1 is 1.28 bits per heavy atom. The fourth-order valence-electron chi connectivity index (χ4n) is 1.10. The Kier molecular flexibility index (Phi) is 3.35. The van der Waals surface area contributed by atoms with Crippen LogP contribution in [0.4, 0.5) is 18.3 Å². The highest BCUT2D eigenvalue weighted by Crippen LogP contribution is 2.33. The number of hydrogen-bond acceptors (Lipinski definition) is 5. The summed E-state index contributed by atoms with van der Waals surface area (Å²) >= 11 is 1.54. The van der Waals surface area contributed by atoms with Gasteiger partial charge in [-0.15, -0.1) is 21.5 Å². The van der Waals surface area contributed by atoms with Crippen molar-refractivity contribution >= 4 is 33.7 Å². The van der Waals surface area contributed by atoms with E-state index < -0.39 is 17.1 Å². The number of nitrogens with zero attached hydrogens (tertiary/aromatic N) is 2. The average Bonchev–Trinajstić information content (AvgIpc) is 2.85. The fourth-order valence-corrected chi connectivity index (χ4v) is 2.47. The standard InChI is InChI=1S/C9H6F3N3OS2/c1-4-2-3-5(17-4)6(16)13-8-15-14-7(18-8)9(10,11)12/h2-3H,1H3,(H,13,15,16). The van der Waals surface area contributed by atoms with Gasteiger partial charge in [0.25, 0.3) is 5.91 Å². The van der Waals surface area contributed by atoms with Crippen molar-refractivity contribution in [3.63, 3.8) is 0 Å². The Bertz CT molecular complexity index is 576. The molecule has 0 atom stereocenters. The highest BCUT2D eigenvalue weighted by Gasteiger charge is 2.35. The van der Waals surface area contributed by atoms with Crippen molar-refractivity contribution in [1.82, 2.24) is 10.2 Å². The van der Waals surface area contributed by atoms with Gasteiger partial charge in [-0.1, -0.05) is 11.3 Å². The van der Waals surface area contributed by atoms with E-state index in [1.165, 1.54) is 11.3 Å². The first-order chi connectivity index (χ1) is 8.36. The Hall–Kier alpha value is -1.48. The van der Waals surface area contributed by atoms with Crippen molar-refractivity contribution in [2.24, 2.45) is 0 Å². The minimum Gasteiger partial charge on any atom is -0.296 e. The number of carbonyl (C=O) groups is 1. The van der Waals surface area contributed by atoms with Gasteiger partial charge in [0.15, 0.2) is 0 Å². The summed E-state index contributed by atoms with van der Waals surface area (Å²) < 4.78 is 36.8. The number of hydrogen-bond donors (Lipinski definition) is 1. The summed E-state index contributed by atoms with van der Waals surface area (Å²) in [5, 5.41) is 7.28. The molecular weight excluding hydrogens is 287 g/mol. The summed E-state index contributed by atoms with van der Waals surface area (Å²) in [6.07, 6.45) is -4.54. The highest BCUT2D eigenvalue weighted by atomic mass is 32.1. The zero-order valence-electron chi connectivity index (χ0n) is 8.91. The molecule has 0 spiro atoms. The molecule has 0 radical (unpaired) electrons. The summed E-state index contributed by atoms with van der Waals surface area (Å²) in [4.78, 5) is 13.0. The molecule has 0 saturated heterocycles. The first-order valence-corrected chi connectivity index (χ1v) is 6.28. The van der Waals surface area contributed by atoms with Crippen LogP contribution in [0.25, 0.3) is 0 Å². The molecule has 0 fully saturated rings. The van der Waals surface area contributed by atoms with E-state index in [1.807, 2.05) is 6.92 Å². The van der Waals surface area contributed by atoms with Crippen LogP contribution in [0, 0.1) is 6.92 Å². The van der Waals surface area contributed by atoms with Gasteiger partial charge in [-0.2, -0.15) is 13.2 Å². The SMILES string of the molecule is Cc1ccc(C(=O)Nc2nnc(C(F)(F)F)s2)s1. The second kappa shape index (κ2) is 4.65. The van der Waals surface area contributed by atoms with E-state index in [4.69, 9.17) is 0 Å². The summed E-state index contributed by atoms with van der Waals surface area (Å²) in [5.41, 5.74) is 0. The lowest BCUT2D eigenvalue weighted by atomic mass is 10.4. The van der Waals surface area contributed by atoms with E-state index in [2.05, 4.69) is 15.5 Å². The molecule has 1 amide bonds. The number of nitrogens with one attached hydrogen (secondary N) is 1. The van der Waals surface area contributed by atoms with Gasteiger partial charge in [-0.3, -0.25) is 10.1 Å². The van der Waals surface area contributed by atoms with Crippen LogP contribution in [0.3, 0.4) is 0 Å². The molecule has 1 N–H and O–H groups in total. The first kappa shape index (κ1) is 13.0. The van der Waals surface area contributed by atoms with Gasteiger partial charge in [-0.25, -0.2) is 0 Å². The number of amides is 1. The Morgan fingerprint density at radius 3 is 2.50 bits per heavy atom. The quantitative estimate of drug-likeness (QED) is 0.925. The van der Waals surface area contributed by atoms with E-state index in [0.29, 0.717) is 16.2 Å². The van der Waals surface area contributed by atoms with E-state index in [0.717, 1.165) is 4.88 Å². The minimum atomic E-state index is -4.54. The number of anilines is 1. The maximum absolute atomic E-state index is 12.3. The molecular formula is C9H6F3N3OS2. The molecule has 0 unspecified atom stereocenters. The maximum Gasteiger partial charge on any atom is 0.445 e. The van der Waals surface area contributed by atoms with Crippen molar-refractivity contribution in [2.45, 2.75) is 13.1 Å². The molecule has 2 heterocycles. The third-order valence-corrected chi connectivity index (χ3v) is 3.74. The Morgan fingerprint density at radius 2 is 2.00 bits per heavy atom. The summed E-state index contributed by atoms with van der Waals surface area (Å²) in [6.45, 7) is 1.83. The molecule has 0 aliphatic heterocycles. The Balaban J connectivity index is 2.10. The molecule has 9 heteroatoms. The molecule has 0 aliphatic rings. The number of aryl methyl sites for hydroxylation is 1. The second-order valence-electron chi connectivity index (χ2n) is 3.27. The summed E-state index contributed by atoms with van der Waals surface area (Å²) in [7, 11) is 0. The Labute approximate surface area is 107 Å². The number of halogens is 3. The van der Waals surface area contributed by atoms with E-state index in [-0.39, 0.29) is 5.13 Å². The molecule has 2 aromatic heterocycles. The summed E-state index contributed by atoms with van der Waals surface area (Å²) in [5.74, 6) is -0.488. The van der Waals surface area contributed by atoms with Crippen LogP contribution in [0.1, 0.15) is 19.6 Å². The van der Waals surface area contributed by atoms with E-state index in [9.17, 15) is 18.0 Å². The van der Waals surface area contributed by atoms with Gasteiger partial charge in [0, 0.05) is 4.88 Å². The van der Waals surface area contributed by atoms with Gasteiger partial charge in [-0.05, 0) is 19.1 Å². The van der Waals surface area contributed by atoms with Gasteiger partial charge in [0.05, 0.1) is 4.88 Å². The van der Waals surface area contributed by atoms with Crippen LogP contribution in [-0.2, 0) is 6.18 Å². The van der Waals surface area contributed by atoms with Crippen molar-refractivity contribution in [3.8, 4) is 0 Å². The smallest absolute Gasteiger partial charge is 0.296 e. The molecule has 2 aromatic rings. The average molecular weight is 293 g/mol.